The summed E-state index contributed by atoms with van der Waals surface area (Å²) in [5.41, 5.74) is 4.03. The Labute approximate surface area is 94.0 Å². The Balaban J connectivity index is 2.11. The fraction of sp³-hybridized carbons (Fsp3) is 0.250. The van der Waals surface area contributed by atoms with E-state index < -0.39 is 0 Å². The van der Waals surface area contributed by atoms with Crippen molar-refractivity contribution < 1.29 is 0 Å². The average molecular weight is 218 g/mol. The van der Waals surface area contributed by atoms with E-state index in [-0.39, 0.29) is 0 Å². The van der Waals surface area contributed by atoms with E-state index in [2.05, 4.69) is 42.3 Å². The Morgan fingerprint density at radius 2 is 2.00 bits per heavy atom. The first-order valence-corrected chi connectivity index (χ1v) is 5.84. The third-order valence-electron chi connectivity index (χ3n) is 2.49. The van der Waals surface area contributed by atoms with E-state index in [1.165, 1.54) is 16.7 Å². The second-order valence-corrected chi connectivity index (χ2v) is 4.46. The van der Waals surface area contributed by atoms with Crippen molar-refractivity contribution in [3.05, 3.63) is 46.5 Å². The van der Waals surface area contributed by atoms with Gasteiger partial charge >= 0.3 is 0 Å². The van der Waals surface area contributed by atoms with Gasteiger partial charge in [-0.3, -0.25) is 0 Å². The van der Waals surface area contributed by atoms with Crippen LogP contribution in [0.5, 0.6) is 0 Å². The molecule has 1 N–H and O–H groups in total. The molecule has 0 spiro atoms. The van der Waals surface area contributed by atoms with E-state index in [0.717, 1.165) is 11.7 Å². The van der Waals surface area contributed by atoms with Gasteiger partial charge in [0.1, 0.15) is 0 Å². The Kier molecular flexibility index (Phi) is 3.02. The monoisotopic (exact) mass is 218 g/mol. The van der Waals surface area contributed by atoms with Gasteiger partial charge in [0.15, 0.2) is 5.13 Å². The van der Waals surface area contributed by atoms with Crippen molar-refractivity contribution >= 4 is 16.5 Å². The molecule has 2 rings (SSSR count). The Bertz CT molecular complexity index is 415. The number of rotatable bonds is 3. The smallest absolute Gasteiger partial charge is 0.182 e. The third-order valence-corrected chi connectivity index (χ3v) is 3.22. The van der Waals surface area contributed by atoms with Crippen molar-refractivity contribution in [1.29, 1.82) is 0 Å². The van der Waals surface area contributed by atoms with Crippen LogP contribution in [-0.4, -0.2) is 4.98 Å². The molecule has 1 heterocycles. The van der Waals surface area contributed by atoms with Gasteiger partial charge in [0.2, 0.25) is 0 Å². The molecule has 0 bridgehead atoms. The van der Waals surface area contributed by atoms with Gasteiger partial charge in [-0.2, -0.15) is 0 Å². The fourth-order valence-corrected chi connectivity index (χ4v) is 2.13. The van der Waals surface area contributed by atoms with Crippen LogP contribution in [0.1, 0.15) is 16.7 Å². The van der Waals surface area contributed by atoms with Crippen LogP contribution in [0.15, 0.2) is 29.8 Å². The molecule has 2 nitrogen and oxygen atoms in total. The number of hydrogen-bond donors (Lipinski definition) is 1. The highest BCUT2D eigenvalue weighted by Gasteiger charge is 2.02. The number of anilines is 1. The zero-order valence-corrected chi connectivity index (χ0v) is 9.77. The highest BCUT2D eigenvalue weighted by Crippen LogP contribution is 2.16. The largest absolute Gasteiger partial charge is 0.357 e. The second-order valence-electron chi connectivity index (χ2n) is 3.56. The van der Waals surface area contributed by atoms with Crippen LogP contribution in [0.4, 0.5) is 5.13 Å². The summed E-state index contributed by atoms with van der Waals surface area (Å²) in [6, 6.07) is 6.38. The van der Waals surface area contributed by atoms with Crippen LogP contribution in [0.25, 0.3) is 0 Å². The Hall–Kier alpha value is -1.35. The molecule has 0 aliphatic carbocycles. The van der Waals surface area contributed by atoms with Crippen molar-refractivity contribution in [2.45, 2.75) is 20.4 Å². The van der Waals surface area contributed by atoms with E-state index >= 15 is 0 Å². The summed E-state index contributed by atoms with van der Waals surface area (Å²) in [6.07, 6.45) is 1.82. The lowest BCUT2D eigenvalue weighted by Gasteiger charge is -2.09. The van der Waals surface area contributed by atoms with Gasteiger partial charge in [0.25, 0.3) is 0 Å². The molecule has 15 heavy (non-hydrogen) atoms. The van der Waals surface area contributed by atoms with Gasteiger partial charge in [-0.05, 0) is 30.5 Å². The van der Waals surface area contributed by atoms with Gasteiger partial charge in [0, 0.05) is 18.1 Å². The van der Waals surface area contributed by atoms with Crippen molar-refractivity contribution in [2.75, 3.05) is 5.32 Å². The van der Waals surface area contributed by atoms with Crippen LogP contribution < -0.4 is 5.32 Å². The molecule has 0 saturated heterocycles. The number of hydrogen-bond acceptors (Lipinski definition) is 3. The summed E-state index contributed by atoms with van der Waals surface area (Å²) in [6.45, 7) is 5.14. The SMILES string of the molecule is Cc1cccc(C)c1CNc1nccs1. The van der Waals surface area contributed by atoms with Gasteiger partial charge in [0.05, 0.1) is 0 Å². The third kappa shape index (κ3) is 2.36. The zero-order valence-electron chi connectivity index (χ0n) is 8.95. The van der Waals surface area contributed by atoms with E-state index in [1.807, 2.05) is 11.6 Å². The predicted molar refractivity (Wildman–Crippen MR) is 65.4 cm³/mol. The van der Waals surface area contributed by atoms with Gasteiger partial charge in [-0.15, -0.1) is 11.3 Å². The lowest BCUT2D eigenvalue weighted by Crippen LogP contribution is -2.02. The molecular weight excluding hydrogens is 204 g/mol. The highest BCUT2D eigenvalue weighted by molar-refractivity contribution is 7.13. The number of benzene rings is 1. The molecule has 78 valence electrons. The molecule has 0 aliphatic rings. The molecule has 0 amide bonds. The maximum Gasteiger partial charge on any atom is 0.182 e. The van der Waals surface area contributed by atoms with Crippen molar-refractivity contribution in [1.82, 2.24) is 4.98 Å². The highest BCUT2D eigenvalue weighted by atomic mass is 32.1. The van der Waals surface area contributed by atoms with Crippen LogP contribution >= 0.6 is 11.3 Å². The summed E-state index contributed by atoms with van der Waals surface area (Å²) >= 11 is 1.63. The minimum Gasteiger partial charge on any atom is -0.357 e. The molecule has 0 unspecified atom stereocenters. The fourth-order valence-electron chi connectivity index (χ4n) is 1.60. The van der Waals surface area contributed by atoms with E-state index in [1.54, 1.807) is 11.3 Å². The summed E-state index contributed by atoms with van der Waals surface area (Å²) in [5.74, 6) is 0. The Morgan fingerprint density at radius 3 is 2.60 bits per heavy atom. The zero-order chi connectivity index (χ0) is 10.7. The molecule has 3 heteroatoms. The van der Waals surface area contributed by atoms with Crippen LogP contribution in [0.2, 0.25) is 0 Å². The van der Waals surface area contributed by atoms with Gasteiger partial charge in [-0.1, -0.05) is 18.2 Å². The summed E-state index contributed by atoms with van der Waals surface area (Å²) in [4.78, 5) is 4.20. The molecule has 0 saturated carbocycles. The summed E-state index contributed by atoms with van der Waals surface area (Å²) in [5, 5.41) is 6.29. The van der Waals surface area contributed by atoms with E-state index in [0.29, 0.717) is 0 Å². The Morgan fingerprint density at radius 1 is 1.27 bits per heavy atom. The predicted octanol–water partition coefficient (Wildman–Crippen LogP) is 3.37. The molecular formula is C12H14N2S. The molecule has 0 radical (unpaired) electrons. The van der Waals surface area contributed by atoms with Crippen LogP contribution in [-0.2, 0) is 6.54 Å². The minimum absolute atomic E-state index is 0.853. The minimum atomic E-state index is 0.853. The van der Waals surface area contributed by atoms with Crippen LogP contribution in [0, 0.1) is 13.8 Å². The first-order chi connectivity index (χ1) is 7.27. The van der Waals surface area contributed by atoms with Crippen LogP contribution in [0.3, 0.4) is 0 Å². The number of thiazole rings is 1. The lowest BCUT2D eigenvalue weighted by molar-refractivity contribution is 1.08. The van der Waals surface area contributed by atoms with Gasteiger partial charge < -0.3 is 5.32 Å². The average Bonchev–Trinajstić information content (AvgIpc) is 2.70. The standard InChI is InChI=1S/C12H14N2S/c1-9-4-3-5-10(2)11(9)8-14-12-13-6-7-15-12/h3-7H,8H2,1-2H3,(H,13,14). The number of aryl methyl sites for hydroxylation is 2. The second kappa shape index (κ2) is 4.45. The maximum atomic E-state index is 4.20. The normalized spacial score (nSPS) is 10.3. The topological polar surface area (TPSA) is 24.9 Å². The molecule has 0 aliphatic heterocycles. The lowest BCUT2D eigenvalue weighted by atomic mass is 10.0. The molecule has 1 aromatic heterocycles. The summed E-state index contributed by atoms with van der Waals surface area (Å²) in [7, 11) is 0. The number of aromatic nitrogens is 1. The van der Waals surface area contributed by atoms with Gasteiger partial charge in [-0.25, -0.2) is 4.98 Å². The first-order valence-electron chi connectivity index (χ1n) is 4.96. The van der Waals surface area contributed by atoms with E-state index in [4.69, 9.17) is 0 Å². The molecule has 2 aromatic rings. The molecule has 0 atom stereocenters. The first kappa shape index (κ1) is 10.2. The number of nitrogens with zero attached hydrogens (tertiary/aromatic N) is 1. The molecule has 1 aromatic carbocycles. The van der Waals surface area contributed by atoms with Crippen molar-refractivity contribution in [2.24, 2.45) is 0 Å². The molecule has 0 fully saturated rings. The van der Waals surface area contributed by atoms with Crippen molar-refractivity contribution in [3.8, 4) is 0 Å². The van der Waals surface area contributed by atoms with Crippen molar-refractivity contribution in [3.63, 3.8) is 0 Å². The summed E-state index contributed by atoms with van der Waals surface area (Å²) < 4.78 is 0. The number of nitrogens with one attached hydrogen (secondary N) is 1. The maximum absolute atomic E-state index is 4.20. The van der Waals surface area contributed by atoms with E-state index in [9.17, 15) is 0 Å². The quantitative estimate of drug-likeness (QED) is 0.854.